The molecule has 1 aromatic heterocycles. The number of nitrogens with one attached hydrogen (secondary N) is 1. The van der Waals surface area contributed by atoms with Crippen LogP contribution in [0.5, 0.6) is 11.5 Å². The molecule has 2 aromatic carbocycles. The molecule has 3 aromatic rings. The summed E-state index contributed by atoms with van der Waals surface area (Å²) < 4.78 is 16.2. The van der Waals surface area contributed by atoms with Crippen LogP contribution in [0.25, 0.3) is 11.4 Å². The van der Waals surface area contributed by atoms with E-state index < -0.39 is 6.04 Å². The number of nitrogens with zero attached hydrogens (tertiary/aromatic N) is 2. The maximum atomic E-state index is 12.4. The number of benzene rings is 2. The van der Waals surface area contributed by atoms with Gasteiger partial charge >= 0.3 is 0 Å². The molecule has 1 atom stereocenters. The molecule has 3 rings (SSSR count). The van der Waals surface area contributed by atoms with Crippen LogP contribution >= 0.6 is 0 Å². The van der Waals surface area contributed by atoms with Gasteiger partial charge in [-0.25, -0.2) is 0 Å². The number of hydrogen-bond acceptors (Lipinski definition) is 6. The minimum absolute atomic E-state index is 0.0475. The second-order valence-corrected chi connectivity index (χ2v) is 7.47. The maximum Gasteiger partial charge on any atom is 0.249 e. The van der Waals surface area contributed by atoms with Gasteiger partial charge in [0.2, 0.25) is 17.6 Å². The first kappa shape index (κ1) is 21.4. The van der Waals surface area contributed by atoms with Gasteiger partial charge in [-0.1, -0.05) is 49.3 Å². The number of carbonyl (C=O) groups is 1. The summed E-state index contributed by atoms with van der Waals surface area (Å²) in [6.45, 7) is 4.01. The molecule has 0 spiro atoms. The normalized spacial score (nSPS) is 11.9. The highest BCUT2D eigenvalue weighted by Crippen LogP contribution is 2.29. The van der Waals surface area contributed by atoms with Gasteiger partial charge in [0.1, 0.15) is 17.5 Å². The van der Waals surface area contributed by atoms with Crippen molar-refractivity contribution < 1.29 is 18.8 Å². The fourth-order valence-electron chi connectivity index (χ4n) is 3.10. The molecule has 1 N–H and O–H groups in total. The zero-order valence-corrected chi connectivity index (χ0v) is 17.7. The summed E-state index contributed by atoms with van der Waals surface area (Å²) in [7, 11) is 3.17. The Labute approximate surface area is 176 Å². The van der Waals surface area contributed by atoms with E-state index in [2.05, 4.69) is 15.5 Å². The first-order valence-electron chi connectivity index (χ1n) is 9.88. The smallest absolute Gasteiger partial charge is 0.249 e. The molecule has 30 heavy (non-hydrogen) atoms. The van der Waals surface area contributed by atoms with Gasteiger partial charge < -0.3 is 19.3 Å². The molecule has 0 saturated carbocycles. The summed E-state index contributed by atoms with van der Waals surface area (Å²) in [6, 6.07) is 14.9. The topological polar surface area (TPSA) is 86.5 Å². The number of amides is 1. The average Bonchev–Trinajstić information content (AvgIpc) is 3.23. The summed E-state index contributed by atoms with van der Waals surface area (Å²) >= 11 is 0. The predicted octanol–water partition coefficient (Wildman–Crippen LogP) is 4.20. The Kier molecular flexibility index (Phi) is 7.06. The number of aromatic nitrogens is 2. The maximum absolute atomic E-state index is 12.4. The van der Waals surface area contributed by atoms with Gasteiger partial charge in [0.15, 0.2) is 0 Å². The first-order chi connectivity index (χ1) is 14.5. The van der Waals surface area contributed by atoms with Gasteiger partial charge in [-0.2, -0.15) is 4.98 Å². The molecule has 1 amide bonds. The molecular weight excluding hydrogens is 382 g/mol. The third-order valence-corrected chi connectivity index (χ3v) is 4.56. The van der Waals surface area contributed by atoms with Crippen LogP contribution in [0.4, 0.5) is 0 Å². The molecule has 0 radical (unpaired) electrons. The summed E-state index contributed by atoms with van der Waals surface area (Å²) in [5, 5.41) is 7.16. The van der Waals surface area contributed by atoms with Crippen molar-refractivity contribution in [1.82, 2.24) is 15.5 Å². The number of carbonyl (C=O) groups excluding carboxylic acids is 1. The summed E-state index contributed by atoms with van der Waals surface area (Å²) in [6.07, 6.45) is 0.979. The van der Waals surface area contributed by atoms with Crippen molar-refractivity contribution in [2.75, 3.05) is 14.2 Å². The molecule has 0 aliphatic rings. The van der Waals surface area contributed by atoms with Crippen LogP contribution in [0.1, 0.15) is 37.8 Å². The largest absolute Gasteiger partial charge is 0.497 e. The van der Waals surface area contributed by atoms with E-state index in [1.54, 1.807) is 32.4 Å². The lowest BCUT2D eigenvalue weighted by molar-refractivity contribution is -0.122. The van der Waals surface area contributed by atoms with Crippen molar-refractivity contribution in [2.24, 2.45) is 5.92 Å². The molecule has 0 saturated heterocycles. The third-order valence-electron chi connectivity index (χ3n) is 4.56. The Morgan fingerprint density at radius 1 is 1.07 bits per heavy atom. The third kappa shape index (κ3) is 5.59. The Morgan fingerprint density at radius 2 is 1.73 bits per heavy atom. The SMILES string of the molecule is COc1cc(OC)cc(-c2noc([C@H](Cc3ccccc3)NC(=O)CC(C)C)n2)c1. The van der Waals surface area contributed by atoms with Crippen LogP contribution in [0.2, 0.25) is 0 Å². The molecule has 0 aliphatic carbocycles. The van der Waals surface area contributed by atoms with E-state index in [-0.39, 0.29) is 11.8 Å². The van der Waals surface area contributed by atoms with Crippen LogP contribution in [0, 0.1) is 5.92 Å². The molecule has 7 nitrogen and oxygen atoms in total. The number of rotatable bonds is 9. The first-order valence-corrected chi connectivity index (χ1v) is 9.88. The lowest BCUT2D eigenvalue weighted by Crippen LogP contribution is -2.31. The molecule has 158 valence electrons. The van der Waals surface area contributed by atoms with Crippen molar-refractivity contribution >= 4 is 5.91 Å². The summed E-state index contributed by atoms with van der Waals surface area (Å²) in [4.78, 5) is 17.0. The van der Waals surface area contributed by atoms with Crippen molar-refractivity contribution in [3.63, 3.8) is 0 Å². The molecule has 0 unspecified atom stereocenters. The van der Waals surface area contributed by atoms with E-state index in [1.165, 1.54) is 0 Å². The molecule has 0 aliphatic heterocycles. The molecule has 0 fully saturated rings. The quantitative estimate of drug-likeness (QED) is 0.570. The van der Waals surface area contributed by atoms with Crippen molar-refractivity contribution in [3.05, 3.63) is 60.0 Å². The number of ether oxygens (including phenoxy) is 2. The minimum atomic E-state index is -0.424. The van der Waals surface area contributed by atoms with Crippen LogP contribution in [-0.4, -0.2) is 30.3 Å². The zero-order chi connectivity index (χ0) is 21.5. The summed E-state index contributed by atoms with van der Waals surface area (Å²) in [5.41, 5.74) is 1.77. The second kappa shape index (κ2) is 9.91. The fourth-order valence-corrected chi connectivity index (χ4v) is 3.10. The minimum Gasteiger partial charge on any atom is -0.497 e. The molecule has 1 heterocycles. The molecule has 7 heteroatoms. The molecular formula is C23H27N3O4. The second-order valence-electron chi connectivity index (χ2n) is 7.47. The van der Waals surface area contributed by atoms with Gasteiger partial charge in [0, 0.05) is 24.5 Å². The van der Waals surface area contributed by atoms with E-state index in [1.807, 2.05) is 44.2 Å². The highest BCUT2D eigenvalue weighted by Gasteiger charge is 2.23. The number of methoxy groups -OCH3 is 2. The Balaban J connectivity index is 1.89. The van der Waals surface area contributed by atoms with E-state index >= 15 is 0 Å². The monoisotopic (exact) mass is 409 g/mol. The number of hydrogen-bond donors (Lipinski definition) is 1. The van der Waals surface area contributed by atoms with Crippen LogP contribution in [0.15, 0.2) is 53.1 Å². The Morgan fingerprint density at radius 3 is 2.33 bits per heavy atom. The van der Waals surface area contributed by atoms with Gasteiger partial charge in [-0.15, -0.1) is 0 Å². The van der Waals surface area contributed by atoms with E-state index in [0.717, 1.165) is 5.56 Å². The van der Waals surface area contributed by atoms with Crippen molar-refractivity contribution in [1.29, 1.82) is 0 Å². The van der Waals surface area contributed by atoms with Crippen LogP contribution in [0.3, 0.4) is 0 Å². The standard InChI is InChI=1S/C23H27N3O4/c1-15(2)10-21(27)24-20(11-16-8-6-5-7-9-16)23-25-22(26-30-23)17-12-18(28-3)14-19(13-17)29-4/h5-9,12-15,20H,10-11H2,1-4H3,(H,24,27)/t20-/m0/s1. The van der Waals surface area contributed by atoms with Gasteiger partial charge in [0.05, 0.1) is 14.2 Å². The van der Waals surface area contributed by atoms with Crippen LogP contribution in [-0.2, 0) is 11.2 Å². The van der Waals surface area contributed by atoms with E-state index in [4.69, 9.17) is 14.0 Å². The van der Waals surface area contributed by atoms with Crippen molar-refractivity contribution in [3.8, 4) is 22.9 Å². The Bertz CT molecular complexity index is 947. The lowest BCUT2D eigenvalue weighted by Gasteiger charge is -2.16. The van der Waals surface area contributed by atoms with E-state index in [0.29, 0.717) is 41.6 Å². The zero-order valence-electron chi connectivity index (χ0n) is 17.7. The summed E-state index contributed by atoms with van der Waals surface area (Å²) in [5.74, 6) is 2.22. The van der Waals surface area contributed by atoms with E-state index in [9.17, 15) is 4.79 Å². The fraction of sp³-hybridized carbons (Fsp3) is 0.348. The highest BCUT2D eigenvalue weighted by atomic mass is 16.5. The van der Waals surface area contributed by atoms with Gasteiger partial charge in [-0.05, 0) is 23.6 Å². The Hall–Kier alpha value is -3.35. The van der Waals surface area contributed by atoms with Gasteiger partial charge in [-0.3, -0.25) is 4.79 Å². The van der Waals surface area contributed by atoms with Crippen LogP contribution < -0.4 is 14.8 Å². The average molecular weight is 409 g/mol. The lowest BCUT2D eigenvalue weighted by atomic mass is 10.0. The predicted molar refractivity (Wildman–Crippen MR) is 113 cm³/mol. The highest BCUT2D eigenvalue weighted by molar-refractivity contribution is 5.76. The van der Waals surface area contributed by atoms with Gasteiger partial charge in [0.25, 0.3) is 0 Å². The van der Waals surface area contributed by atoms with Crippen molar-refractivity contribution in [2.45, 2.75) is 32.7 Å². The molecule has 0 bridgehead atoms.